The maximum atomic E-state index is 14.5. The van der Waals surface area contributed by atoms with Crippen LogP contribution in [-0.2, 0) is 0 Å². The second kappa shape index (κ2) is 5.34. The third-order valence-corrected chi connectivity index (χ3v) is 4.20. The highest BCUT2D eigenvalue weighted by atomic mass is 19.1. The van der Waals surface area contributed by atoms with Crippen LogP contribution in [0.3, 0.4) is 0 Å². The highest BCUT2D eigenvalue weighted by Gasteiger charge is 2.25. The minimum absolute atomic E-state index is 0.282. The monoisotopic (exact) mass is 336 g/mol. The van der Waals surface area contributed by atoms with Gasteiger partial charge in [0.1, 0.15) is 12.1 Å². The van der Waals surface area contributed by atoms with Gasteiger partial charge in [0.2, 0.25) is 0 Å². The molecule has 124 valence electrons. The second-order valence-corrected chi connectivity index (χ2v) is 5.83. The molecule has 0 radical (unpaired) electrons. The lowest BCUT2D eigenvalue weighted by Gasteiger charge is -2.24. The molecule has 0 saturated heterocycles. The van der Waals surface area contributed by atoms with E-state index in [2.05, 4.69) is 20.2 Å². The van der Waals surface area contributed by atoms with E-state index in [4.69, 9.17) is 9.47 Å². The van der Waals surface area contributed by atoms with Crippen LogP contribution in [-0.4, -0.2) is 26.8 Å². The Morgan fingerprint density at radius 2 is 2.00 bits per heavy atom. The van der Waals surface area contributed by atoms with Crippen molar-refractivity contribution in [3.63, 3.8) is 0 Å². The maximum absolute atomic E-state index is 14.5. The fraction of sp³-hybridized carbons (Fsp3) is 0.111. The van der Waals surface area contributed by atoms with Crippen molar-refractivity contribution in [2.24, 2.45) is 0 Å². The van der Waals surface area contributed by atoms with Crippen molar-refractivity contribution < 1.29 is 13.9 Å². The van der Waals surface area contributed by atoms with E-state index < -0.39 is 11.9 Å². The van der Waals surface area contributed by atoms with Crippen molar-refractivity contribution >= 4 is 11.0 Å². The summed E-state index contributed by atoms with van der Waals surface area (Å²) in [5.41, 5.74) is 2.42. The molecule has 4 aromatic rings. The molecule has 7 heteroatoms. The zero-order chi connectivity index (χ0) is 16.8. The third-order valence-electron chi connectivity index (χ3n) is 4.20. The molecule has 0 fully saturated rings. The number of H-pyrrole nitrogens is 2. The topological polar surface area (TPSA) is 75.8 Å². The van der Waals surface area contributed by atoms with Crippen LogP contribution < -0.4 is 9.47 Å². The molecular weight excluding hydrogens is 323 g/mol. The number of aromatic nitrogens is 4. The molecule has 0 aliphatic carbocycles. The number of nitrogens with zero attached hydrogens (tertiary/aromatic N) is 2. The number of imidazole rings is 1. The molecule has 1 aliphatic heterocycles. The Kier molecular flexibility index (Phi) is 3.00. The lowest BCUT2D eigenvalue weighted by molar-refractivity contribution is 0.0859. The summed E-state index contributed by atoms with van der Waals surface area (Å²) >= 11 is 0. The van der Waals surface area contributed by atoms with E-state index in [9.17, 15) is 4.39 Å². The Labute approximate surface area is 141 Å². The van der Waals surface area contributed by atoms with E-state index in [1.807, 2.05) is 30.3 Å². The van der Waals surface area contributed by atoms with Gasteiger partial charge in [0.15, 0.2) is 29.2 Å². The van der Waals surface area contributed by atoms with Crippen LogP contribution in [0.15, 0.2) is 48.8 Å². The fourth-order valence-corrected chi connectivity index (χ4v) is 2.98. The molecular formula is C18H13FN4O2. The summed E-state index contributed by atoms with van der Waals surface area (Å²) in [4.78, 5) is 7.52. The van der Waals surface area contributed by atoms with E-state index in [0.717, 1.165) is 11.1 Å². The normalized spacial score (nSPS) is 16.3. The Hall–Kier alpha value is -3.35. The lowest BCUT2D eigenvalue weighted by atomic mass is 10.1. The van der Waals surface area contributed by atoms with Gasteiger partial charge in [-0.2, -0.15) is 5.10 Å². The molecule has 1 unspecified atom stereocenters. The van der Waals surface area contributed by atoms with Gasteiger partial charge in [0.25, 0.3) is 0 Å². The van der Waals surface area contributed by atoms with Crippen molar-refractivity contribution in [2.75, 3.05) is 6.61 Å². The van der Waals surface area contributed by atoms with Gasteiger partial charge in [-0.15, -0.1) is 0 Å². The molecule has 25 heavy (non-hydrogen) atoms. The predicted octanol–water partition coefficient (Wildman–Crippen LogP) is 3.60. The number of para-hydroxylation sites is 2. The van der Waals surface area contributed by atoms with Crippen LogP contribution in [0.5, 0.6) is 11.5 Å². The zero-order valence-corrected chi connectivity index (χ0v) is 13.0. The Balaban J connectivity index is 1.54. The van der Waals surface area contributed by atoms with E-state index in [1.165, 1.54) is 6.07 Å². The number of hydrogen-bond acceptors (Lipinski definition) is 4. The molecule has 2 N–H and O–H groups in total. The van der Waals surface area contributed by atoms with Crippen molar-refractivity contribution in [3.8, 4) is 22.6 Å². The van der Waals surface area contributed by atoms with Crippen LogP contribution in [0, 0.1) is 5.82 Å². The summed E-state index contributed by atoms with van der Waals surface area (Å²) in [5, 5.41) is 6.63. The number of ether oxygens (including phenoxy) is 2. The van der Waals surface area contributed by atoms with E-state index in [1.54, 1.807) is 12.4 Å². The Morgan fingerprint density at radius 1 is 1.12 bits per heavy atom. The minimum Gasteiger partial charge on any atom is -0.485 e. The molecule has 0 spiro atoms. The lowest BCUT2D eigenvalue weighted by Crippen LogP contribution is -2.22. The number of fused-ring (bicyclic) bond motifs is 2. The molecule has 2 aromatic heterocycles. The standard InChI is InChI=1S/C18H13FN4O2/c19-12-5-10(11-7-20-21-8-11)6-13-17(12)23-18(22-13)16-9-24-14-3-1-2-4-15(14)25-16/h1-8,16H,9H2,(H,20,21)(H,22,23). The summed E-state index contributed by atoms with van der Waals surface area (Å²) in [6.45, 7) is 0.313. The summed E-state index contributed by atoms with van der Waals surface area (Å²) in [7, 11) is 0. The van der Waals surface area contributed by atoms with Gasteiger partial charge in [-0.1, -0.05) is 12.1 Å². The highest BCUT2D eigenvalue weighted by molar-refractivity contribution is 5.82. The zero-order valence-electron chi connectivity index (χ0n) is 13.0. The molecule has 3 heterocycles. The second-order valence-electron chi connectivity index (χ2n) is 5.83. The van der Waals surface area contributed by atoms with Crippen LogP contribution in [0.4, 0.5) is 4.39 Å². The number of rotatable bonds is 2. The molecule has 0 bridgehead atoms. The number of aromatic amines is 2. The van der Waals surface area contributed by atoms with Gasteiger partial charge in [-0.05, 0) is 29.8 Å². The largest absolute Gasteiger partial charge is 0.485 e. The summed E-state index contributed by atoms with van der Waals surface area (Å²) < 4.78 is 26.1. The summed E-state index contributed by atoms with van der Waals surface area (Å²) in [6.07, 6.45) is 2.94. The van der Waals surface area contributed by atoms with Crippen molar-refractivity contribution in [2.45, 2.75) is 6.10 Å². The first-order valence-corrected chi connectivity index (χ1v) is 7.85. The number of benzene rings is 2. The van der Waals surface area contributed by atoms with Gasteiger partial charge in [0, 0.05) is 11.8 Å². The number of halogens is 1. The first-order chi connectivity index (χ1) is 12.3. The van der Waals surface area contributed by atoms with Crippen LogP contribution in [0.25, 0.3) is 22.2 Å². The molecule has 0 amide bonds. The molecule has 6 nitrogen and oxygen atoms in total. The van der Waals surface area contributed by atoms with E-state index >= 15 is 0 Å². The quantitative estimate of drug-likeness (QED) is 0.586. The van der Waals surface area contributed by atoms with Gasteiger partial charge in [0.05, 0.1) is 11.7 Å². The Morgan fingerprint density at radius 3 is 2.84 bits per heavy atom. The van der Waals surface area contributed by atoms with Crippen molar-refractivity contribution in [1.29, 1.82) is 0 Å². The first kappa shape index (κ1) is 14.0. The van der Waals surface area contributed by atoms with E-state index in [-0.39, 0.29) is 5.52 Å². The molecule has 0 saturated carbocycles. The minimum atomic E-state index is -0.418. The van der Waals surface area contributed by atoms with Gasteiger partial charge in [-0.25, -0.2) is 9.37 Å². The SMILES string of the molecule is Fc1cc(-c2cn[nH]c2)cc2[nH]c(C3COc4ccccc4O3)nc12. The molecule has 1 aliphatic rings. The van der Waals surface area contributed by atoms with Crippen LogP contribution in [0.1, 0.15) is 11.9 Å². The first-order valence-electron chi connectivity index (χ1n) is 7.85. The number of nitrogens with one attached hydrogen (secondary N) is 2. The third kappa shape index (κ3) is 2.32. The van der Waals surface area contributed by atoms with Gasteiger partial charge < -0.3 is 14.5 Å². The fourth-order valence-electron chi connectivity index (χ4n) is 2.98. The van der Waals surface area contributed by atoms with E-state index in [0.29, 0.717) is 29.4 Å². The average molecular weight is 336 g/mol. The van der Waals surface area contributed by atoms with Crippen molar-refractivity contribution in [3.05, 3.63) is 60.4 Å². The van der Waals surface area contributed by atoms with Crippen LogP contribution >= 0.6 is 0 Å². The summed E-state index contributed by atoms with van der Waals surface area (Å²) in [5.74, 6) is 1.49. The average Bonchev–Trinajstić information content (AvgIpc) is 3.31. The number of hydrogen-bond donors (Lipinski definition) is 2. The van der Waals surface area contributed by atoms with Crippen LogP contribution in [0.2, 0.25) is 0 Å². The smallest absolute Gasteiger partial charge is 0.190 e. The summed E-state index contributed by atoms with van der Waals surface area (Å²) in [6, 6.07) is 10.7. The highest BCUT2D eigenvalue weighted by Crippen LogP contribution is 2.36. The maximum Gasteiger partial charge on any atom is 0.190 e. The molecule has 1 atom stereocenters. The van der Waals surface area contributed by atoms with Crippen molar-refractivity contribution in [1.82, 2.24) is 20.2 Å². The molecule has 2 aromatic carbocycles. The van der Waals surface area contributed by atoms with Gasteiger partial charge >= 0.3 is 0 Å². The Bertz CT molecular complexity index is 1060. The van der Waals surface area contributed by atoms with Gasteiger partial charge in [-0.3, -0.25) is 5.10 Å². The predicted molar refractivity (Wildman–Crippen MR) is 88.9 cm³/mol. The molecule has 5 rings (SSSR count).